The van der Waals surface area contributed by atoms with Gasteiger partial charge in [-0.25, -0.2) is 0 Å². The van der Waals surface area contributed by atoms with E-state index in [-0.39, 0.29) is 21.7 Å². The SMILES string of the molecule is CCCCCCCCCc1ccc(OP(Oc2ccc(CCCCCCCCC)cc2)Oc2c(-c3cc(C(C)(C)C)cc(C(C)(C)C)c3Op3oc4ccccc4c4ccccc4o3)cc(C(C)(C)C)cc2C(C)(C)C)cc1. The van der Waals surface area contributed by atoms with E-state index >= 15 is 0 Å². The standard InChI is InChI=1S/C70H94O6P2/c1-15-17-19-21-23-25-27-33-51-39-43-55(44-40-51)71-77(72-56-45-41-52(42-46-56)34-28-26-24-22-20-18-16-2)75-65-59(47-53(67(3,4)5)49-61(65)69(9,10)11)60-48-54(68(6,7)8)50-62(70(12,13)14)66(60)76-78-73-63-37-31-29-35-57(63)58-36-30-32-38-64(58)74-78/h29-32,35-50H,15-28,33-34H2,1-14H3. The highest BCUT2D eigenvalue weighted by atomic mass is 31.2. The minimum atomic E-state index is -2.09. The Morgan fingerprint density at radius 3 is 1.17 bits per heavy atom. The second kappa shape index (κ2) is 27.3. The maximum Gasteiger partial charge on any atom is 0.530 e. The first-order valence-electron chi connectivity index (χ1n) is 29.5. The lowest BCUT2D eigenvalue weighted by atomic mass is 9.75. The molecule has 0 saturated heterocycles. The Kier molecular flexibility index (Phi) is 21.2. The zero-order valence-corrected chi connectivity index (χ0v) is 52.0. The summed E-state index contributed by atoms with van der Waals surface area (Å²) in [5.74, 6) is 2.78. The third-order valence-corrected chi connectivity index (χ3v) is 17.0. The summed E-state index contributed by atoms with van der Waals surface area (Å²) in [6.07, 6.45) is 20.1. The van der Waals surface area contributed by atoms with Gasteiger partial charge in [-0.3, -0.25) is 0 Å². The van der Waals surface area contributed by atoms with Crippen molar-refractivity contribution in [2.24, 2.45) is 0 Å². The molecule has 0 N–H and O–H groups in total. The number of unbranched alkanes of at least 4 members (excludes halogenated alkanes) is 12. The van der Waals surface area contributed by atoms with Gasteiger partial charge in [0.15, 0.2) is 0 Å². The summed E-state index contributed by atoms with van der Waals surface area (Å²) >= 11 is 0. The zero-order valence-electron chi connectivity index (χ0n) is 50.2. The summed E-state index contributed by atoms with van der Waals surface area (Å²) in [5.41, 5.74) is 9.07. The van der Waals surface area contributed by atoms with E-state index in [1.807, 2.05) is 36.4 Å². The second-order valence-electron chi connectivity index (χ2n) is 25.8. The van der Waals surface area contributed by atoms with Gasteiger partial charge in [0, 0.05) is 33.0 Å². The largest absolute Gasteiger partial charge is 0.530 e. The predicted molar refractivity (Wildman–Crippen MR) is 334 cm³/mol. The third-order valence-electron chi connectivity index (χ3n) is 14.9. The maximum absolute atomic E-state index is 7.55. The first kappa shape index (κ1) is 60.5. The van der Waals surface area contributed by atoms with Crippen LogP contribution in [0.25, 0.3) is 33.1 Å². The quantitative estimate of drug-likeness (QED) is 0.0420. The van der Waals surface area contributed by atoms with Crippen LogP contribution in [0.3, 0.4) is 0 Å². The Morgan fingerprint density at radius 1 is 0.397 bits per heavy atom. The van der Waals surface area contributed by atoms with Crippen LogP contribution in [-0.4, -0.2) is 0 Å². The summed E-state index contributed by atoms with van der Waals surface area (Å²) in [4.78, 5) is 0. The number of rotatable bonds is 25. The summed E-state index contributed by atoms with van der Waals surface area (Å²) in [6, 6.07) is 42.6. The van der Waals surface area contributed by atoms with E-state index < -0.39 is 16.8 Å². The highest BCUT2D eigenvalue weighted by Gasteiger charge is 2.35. The third kappa shape index (κ3) is 16.9. The molecule has 0 aliphatic heterocycles. The molecule has 0 radical (unpaired) electrons. The maximum atomic E-state index is 7.55. The molecule has 7 aromatic rings. The topological polar surface area (TPSA) is 63.2 Å². The summed E-state index contributed by atoms with van der Waals surface area (Å²) in [5, 5.41) is 1.92. The number of aryl methyl sites for hydroxylation is 2. The van der Waals surface area contributed by atoms with Gasteiger partial charge in [0.25, 0.3) is 0 Å². The van der Waals surface area contributed by atoms with Crippen molar-refractivity contribution in [3.05, 3.63) is 155 Å². The van der Waals surface area contributed by atoms with Crippen molar-refractivity contribution < 1.29 is 26.5 Å². The lowest BCUT2D eigenvalue weighted by Crippen LogP contribution is -2.20. The predicted octanol–water partition coefficient (Wildman–Crippen LogP) is 23.3. The van der Waals surface area contributed by atoms with Crippen molar-refractivity contribution in [3.8, 4) is 34.1 Å². The lowest BCUT2D eigenvalue weighted by Gasteiger charge is -2.32. The zero-order chi connectivity index (χ0) is 56.1. The molecule has 0 bridgehead atoms. The normalized spacial score (nSPS) is 12.4. The van der Waals surface area contributed by atoms with Crippen molar-refractivity contribution in [3.63, 3.8) is 0 Å². The lowest BCUT2D eigenvalue weighted by molar-refractivity contribution is 0.382. The van der Waals surface area contributed by atoms with Crippen LogP contribution in [0.1, 0.15) is 220 Å². The molecule has 0 aliphatic carbocycles. The van der Waals surface area contributed by atoms with E-state index in [9.17, 15) is 0 Å². The Labute approximate surface area is 473 Å². The highest BCUT2D eigenvalue weighted by molar-refractivity contribution is 7.43. The van der Waals surface area contributed by atoms with Gasteiger partial charge in [0.1, 0.15) is 34.2 Å². The van der Waals surface area contributed by atoms with Crippen LogP contribution >= 0.6 is 16.8 Å². The molecule has 0 amide bonds. The van der Waals surface area contributed by atoms with Gasteiger partial charge in [0.05, 0.1) is 0 Å². The average Bonchev–Trinajstić information content (AvgIpc) is 3.72. The first-order valence-corrected chi connectivity index (χ1v) is 31.7. The molecular weight excluding hydrogens is 999 g/mol. The van der Waals surface area contributed by atoms with Crippen LogP contribution in [-0.2, 0) is 34.5 Å². The van der Waals surface area contributed by atoms with Gasteiger partial charge >= 0.3 is 16.8 Å². The molecular formula is C70H94O6P2. The number of hydrogen-bond acceptors (Lipinski definition) is 6. The molecule has 420 valence electrons. The highest BCUT2D eigenvalue weighted by Crippen LogP contribution is 2.55. The molecule has 6 aromatic carbocycles. The van der Waals surface area contributed by atoms with E-state index in [1.54, 1.807) is 0 Å². The van der Waals surface area contributed by atoms with Gasteiger partial charge in [-0.1, -0.05) is 247 Å². The van der Waals surface area contributed by atoms with Gasteiger partial charge in [-0.05, 0) is 118 Å². The molecule has 6 nitrogen and oxygen atoms in total. The molecule has 0 spiro atoms. The van der Waals surface area contributed by atoms with Gasteiger partial charge in [-0.2, -0.15) is 0 Å². The molecule has 78 heavy (non-hydrogen) atoms. The van der Waals surface area contributed by atoms with Crippen molar-refractivity contribution >= 4 is 38.8 Å². The van der Waals surface area contributed by atoms with Gasteiger partial charge in [0.2, 0.25) is 0 Å². The molecule has 0 aliphatic rings. The Hall–Kier alpha value is -5.15. The van der Waals surface area contributed by atoms with E-state index in [2.05, 4.69) is 182 Å². The fraction of sp³-hybridized carbons (Fsp3) is 0.486. The second-order valence-corrected chi connectivity index (χ2v) is 27.8. The number of para-hydroxylation sites is 2. The Morgan fingerprint density at radius 2 is 0.769 bits per heavy atom. The minimum absolute atomic E-state index is 0.220. The molecule has 8 heteroatoms. The van der Waals surface area contributed by atoms with Crippen molar-refractivity contribution in [1.29, 1.82) is 0 Å². The fourth-order valence-electron chi connectivity index (χ4n) is 9.97. The van der Waals surface area contributed by atoms with E-state index in [0.717, 1.165) is 45.9 Å². The van der Waals surface area contributed by atoms with Crippen molar-refractivity contribution in [2.45, 2.75) is 221 Å². The minimum Gasteiger partial charge on any atom is -0.409 e. The first-order chi connectivity index (χ1) is 37.1. The van der Waals surface area contributed by atoms with Crippen LogP contribution in [0.5, 0.6) is 23.0 Å². The van der Waals surface area contributed by atoms with Gasteiger partial charge in [-0.15, -0.1) is 0 Å². The number of fused-ring (bicyclic) bond motifs is 3. The molecule has 0 fully saturated rings. The van der Waals surface area contributed by atoms with Crippen molar-refractivity contribution in [2.75, 3.05) is 0 Å². The van der Waals surface area contributed by atoms with Crippen molar-refractivity contribution in [1.82, 2.24) is 0 Å². The smallest absolute Gasteiger partial charge is 0.409 e. The van der Waals surface area contributed by atoms with E-state index in [4.69, 9.17) is 26.5 Å². The van der Waals surface area contributed by atoms with Crippen LogP contribution in [0, 0.1) is 0 Å². The molecule has 0 unspecified atom stereocenters. The number of benzene rings is 6. The van der Waals surface area contributed by atoms with E-state index in [0.29, 0.717) is 34.2 Å². The van der Waals surface area contributed by atoms with Crippen LogP contribution in [0.15, 0.2) is 130 Å². The molecule has 0 atom stereocenters. The monoisotopic (exact) mass is 1090 g/mol. The Bertz CT molecular complexity index is 2910. The molecule has 0 saturated carbocycles. The van der Waals surface area contributed by atoms with Crippen LogP contribution in [0.4, 0.5) is 0 Å². The molecule has 1 heterocycles. The number of hydrogen-bond donors (Lipinski definition) is 0. The molecule has 7 rings (SSSR count). The van der Waals surface area contributed by atoms with Crippen LogP contribution in [0.2, 0.25) is 0 Å². The summed E-state index contributed by atoms with van der Waals surface area (Å²) in [6.45, 7) is 31.8. The summed E-state index contributed by atoms with van der Waals surface area (Å²) < 4.78 is 42.6. The summed E-state index contributed by atoms with van der Waals surface area (Å²) in [7, 11) is -4.11. The Balaban J connectivity index is 1.38. The fourth-order valence-corrected chi connectivity index (χ4v) is 12.1. The van der Waals surface area contributed by atoms with Crippen LogP contribution < -0.4 is 18.1 Å². The van der Waals surface area contributed by atoms with Gasteiger partial charge < -0.3 is 26.5 Å². The molecule has 1 aromatic heterocycles. The van der Waals surface area contributed by atoms with E-state index in [1.165, 1.54) is 112 Å². The average molecular weight is 1090 g/mol.